The van der Waals surface area contributed by atoms with E-state index in [9.17, 15) is 4.79 Å². The topological polar surface area (TPSA) is 76.6 Å². The van der Waals surface area contributed by atoms with E-state index in [1.165, 1.54) is 6.92 Å². The summed E-state index contributed by atoms with van der Waals surface area (Å²) in [5.41, 5.74) is 0.935. The summed E-state index contributed by atoms with van der Waals surface area (Å²) in [7, 11) is 0. The van der Waals surface area contributed by atoms with Crippen molar-refractivity contribution in [3.05, 3.63) is 12.1 Å². The number of pyridine rings is 1. The number of rotatable bonds is 12. The minimum atomic E-state index is -0.0213. The molecule has 0 bridgehead atoms. The molecule has 0 aromatic carbocycles. The summed E-state index contributed by atoms with van der Waals surface area (Å²) < 4.78 is 11.8. The first kappa shape index (κ1) is 22.7. The van der Waals surface area contributed by atoms with Crippen molar-refractivity contribution in [2.75, 3.05) is 31.2 Å². The second-order valence-electron chi connectivity index (χ2n) is 8.16. The number of nitrogens with one attached hydrogen (secondary N) is 1. The van der Waals surface area contributed by atoms with Gasteiger partial charge in [-0.05, 0) is 44.6 Å². The van der Waals surface area contributed by atoms with Gasteiger partial charge in [-0.1, -0.05) is 25.2 Å². The molecule has 30 heavy (non-hydrogen) atoms. The first-order valence-corrected chi connectivity index (χ1v) is 11.8. The molecule has 166 valence electrons. The highest BCUT2D eigenvalue weighted by atomic mass is 32.1. The molecule has 3 rings (SSSR count). The first-order chi connectivity index (χ1) is 14.5. The van der Waals surface area contributed by atoms with Crippen molar-refractivity contribution in [1.29, 1.82) is 0 Å². The van der Waals surface area contributed by atoms with Crippen molar-refractivity contribution in [1.82, 2.24) is 15.3 Å². The van der Waals surface area contributed by atoms with Gasteiger partial charge in [0.05, 0.1) is 19.3 Å². The van der Waals surface area contributed by atoms with Gasteiger partial charge in [-0.15, -0.1) is 0 Å². The van der Waals surface area contributed by atoms with E-state index < -0.39 is 0 Å². The Morgan fingerprint density at radius 2 is 2.00 bits per heavy atom. The maximum absolute atomic E-state index is 11.0. The Kier molecular flexibility index (Phi) is 8.27. The van der Waals surface area contributed by atoms with Crippen molar-refractivity contribution < 1.29 is 14.3 Å². The summed E-state index contributed by atoms with van der Waals surface area (Å²) in [6, 6.07) is 3.96. The molecule has 2 aromatic heterocycles. The monoisotopic (exact) mass is 434 g/mol. The van der Waals surface area contributed by atoms with Crippen LogP contribution in [0.15, 0.2) is 12.1 Å². The summed E-state index contributed by atoms with van der Waals surface area (Å²) in [5.74, 6) is 1.14. The highest BCUT2D eigenvalue weighted by Gasteiger charge is 2.31. The molecule has 2 heterocycles. The number of carbonyl (C=O) groups excluding carboxylic acids is 1. The molecule has 1 atom stereocenters. The Morgan fingerprint density at radius 3 is 2.67 bits per heavy atom. The molecule has 7 nitrogen and oxygen atoms in total. The smallest absolute Gasteiger partial charge is 0.217 e. The van der Waals surface area contributed by atoms with Gasteiger partial charge >= 0.3 is 0 Å². The van der Waals surface area contributed by atoms with Gasteiger partial charge in [0.25, 0.3) is 0 Å². The molecule has 1 saturated carbocycles. The Balaban J connectivity index is 1.45. The van der Waals surface area contributed by atoms with Crippen LogP contribution in [0.2, 0.25) is 0 Å². The fourth-order valence-corrected chi connectivity index (χ4v) is 4.65. The molecule has 1 fully saturated rings. The quantitative estimate of drug-likeness (QED) is 0.544. The lowest BCUT2D eigenvalue weighted by molar-refractivity contribution is -0.120. The van der Waals surface area contributed by atoms with Crippen LogP contribution in [-0.2, 0) is 9.53 Å². The summed E-state index contributed by atoms with van der Waals surface area (Å²) >= 11 is 1.64. The average Bonchev–Trinajstić information content (AvgIpc) is 3.09. The van der Waals surface area contributed by atoms with Crippen molar-refractivity contribution >= 4 is 32.7 Å². The summed E-state index contributed by atoms with van der Waals surface area (Å²) in [4.78, 5) is 23.7. The number of hydrogen-bond acceptors (Lipinski definition) is 7. The van der Waals surface area contributed by atoms with Crippen LogP contribution in [0.1, 0.15) is 53.4 Å². The largest absolute Gasteiger partial charge is 0.477 e. The SMILES string of the molecule is CCCN(CCC)c1nc2ccc(OC[C@H]3C[C@H](OC[C@H](C)NC(C)=O)C3)nc2s1. The Bertz CT molecular complexity index is 816. The second kappa shape index (κ2) is 10.9. The van der Waals surface area contributed by atoms with Crippen LogP contribution in [0.4, 0.5) is 5.13 Å². The first-order valence-electron chi connectivity index (χ1n) is 11.0. The predicted octanol–water partition coefficient (Wildman–Crippen LogP) is 4.02. The highest BCUT2D eigenvalue weighted by molar-refractivity contribution is 7.21. The second-order valence-corrected chi connectivity index (χ2v) is 9.12. The Morgan fingerprint density at radius 1 is 1.27 bits per heavy atom. The molecule has 1 aliphatic rings. The normalized spacial score (nSPS) is 19.3. The molecular weight excluding hydrogens is 400 g/mol. The van der Waals surface area contributed by atoms with E-state index in [4.69, 9.17) is 14.5 Å². The Labute approximate surface area is 183 Å². The van der Waals surface area contributed by atoms with E-state index in [0.29, 0.717) is 25.0 Å². The zero-order valence-corrected chi connectivity index (χ0v) is 19.3. The maximum atomic E-state index is 11.0. The number of thiazole rings is 1. The lowest BCUT2D eigenvalue weighted by Gasteiger charge is -2.35. The molecule has 0 spiro atoms. The molecule has 2 aromatic rings. The van der Waals surface area contributed by atoms with Gasteiger partial charge in [0, 0.05) is 32.1 Å². The van der Waals surface area contributed by atoms with Crippen molar-refractivity contribution in [2.24, 2.45) is 5.92 Å². The van der Waals surface area contributed by atoms with Crippen LogP contribution in [0.5, 0.6) is 5.88 Å². The van der Waals surface area contributed by atoms with E-state index in [-0.39, 0.29) is 18.1 Å². The number of anilines is 1. The molecule has 1 N–H and O–H groups in total. The number of hydrogen-bond donors (Lipinski definition) is 1. The summed E-state index contributed by atoms with van der Waals surface area (Å²) in [6.45, 7) is 11.1. The summed E-state index contributed by atoms with van der Waals surface area (Å²) in [6.07, 6.45) is 4.45. The van der Waals surface area contributed by atoms with E-state index >= 15 is 0 Å². The van der Waals surface area contributed by atoms with Crippen molar-refractivity contribution in [3.63, 3.8) is 0 Å². The standard InChI is InChI=1S/C22H34N4O3S/c1-5-9-26(10-6-2)22-24-19-7-8-20(25-21(19)30-22)29-14-17-11-18(12-17)28-13-15(3)23-16(4)27/h7-8,15,17-18H,5-6,9-14H2,1-4H3,(H,23,27)/t15-,17-,18-/m0/s1. The Hall–Kier alpha value is -1.93. The number of nitrogens with zero attached hydrogens (tertiary/aromatic N) is 3. The van der Waals surface area contributed by atoms with Gasteiger partial charge in [0.1, 0.15) is 10.3 Å². The van der Waals surface area contributed by atoms with Crippen LogP contribution in [0.25, 0.3) is 10.3 Å². The van der Waals surface area contributed by atoms with E-state index in [1.807, 2.05) is 19.1 Å². The predicted molar refractivity (Wildman–Crippen MR) is 121 cm³/mol. The minimum Gasteiger partial charge on any atom is -0.477 e. The van der Waals surface area contributed by atoms with Gasteiger partial charge in [-0.3, -0.25) is 4.79 Å². The maximum Gasteiger partial charge on any atom is 0.217 e. The number of amides is 1. The molecule has 0 saturated heterocycles. The van der Waals surface area contributed by atoms with Crippen LogP contribution < -0.4 is 15.0 Å². The van der Waals surface area contributed by atoms with Gasteiger partial charge in [0.15, 0.2) is 5.13 Å². The molecule has 1 aliphatic carbocycles. The fraction of sp³-hybridized carbons (Fsp3) is 0.682. The van der Waals surface area contributed by atoms with Crippen molar-refractivity contribution in [3.8, 4) is 5.88 Å². The molecular formula is C22H34N4O3S. The zero-order valence-electron chi connectivity index (χ0n) is 18.5. The van der Waals surface area contributed by atoms with Crippen LogP contribution in [0.3, 0.4) is 0 Å². The fourth-order valence-electron chi connectivity index (χ4n) is 3.67. The van der Waals surface area contributed by atoms with Crippen LogP contribution in [0, 0.1) is 5.92 Å². The zero-order chi connectivity index (χ0) is 21.5. The number of ether oxygens (including phenoxy) is 2. The lowest BCUT2D eigenvalue weighted by Crippen LogP contribution is -2.40. The molecule has 1 amide bonds. The minimum absolute atomic E-state index is 0.0213. The highest BCUT2D eigenvalue weighted by Crippen LogP contribution is 2.32. The molecule has 0 radical (unpaired) electrons. The molecule has 0 aliphatic heterocycles. The molecule has 0 unspecified atom stereocenters. The number of fused-ring (bicyclic) bond motifs is 1. The number of carbonyl (C=O) groups is 1. The third-order valence-corrected chi connectivity index (χ3v) is 6.19. The average molecular weight is 435 g/mol. The van der Waals surface area contributed by atoms with Gasteiger partial charge in [-0.2, -0.15) is 0 Å². The van der Waals surface area contributed by atoms with E-state index in [2.05, 4.69) is 29.0 Å². The molecule has 8 heteroatoms. The van der Waals surface area contributed by atoms with Gasteiger partial charge in [0.2, 0.25) is 11.8 Å². The van der Waals surface area contributed by atoms with Crippen LogP contribution >= 0.6 is 11.3 Å². The van der Waals surface area contributed by atoms with E-state index in [0.717, 1.165) is 54.3 Å². The number of aromatic nitrogens is 2. The van der Waals surface area contributed by atoms with Crippen molar-refractivity contribution in [2.45, 2.75) is 65.5 Å². The summed E-state index contributed by atoms with van der Waals surface area (Å²) in [5, 5.41) is 3.88. The third kappa shape index (κ3) is 6.28. The van der Waals surface area contributed by atoms with Gasteiger partial charge < -0.3 is 19.7 Å². The van der Waals surface area contributed by atoms with Gasteiger partial charge in [-0.25, -0.2) is 9.97 Å². The van der Waals surface area contributed by atoms with E-state index in [1.54, 1.807) is 11.3 Å². The van der Waals surface area contributed by atoms with Crippen LogP contribution in [-0.4, -0.2) is 54.3 Å². The third-order valence-electron chi connectivity index (χ3n) is 5.17. The lowest BCUT2D eigenvalue weighted by atomic mass is 9.83.